The number of ether oxygens (including phenoxy) is 2. The first-order chi connectivity index (χ1) is 9.96. The molecule has 1 aliphatic rings. The molecule has 6 heteroatoms. The maximum atomic E-state index is 5.89. The Hall–Kier alpha value is -2.08. The van der Waals surface area contributed by atoms with Gasteiger partial charge in [-0.1, -0.05) is 6.58 Å². The zero-order valence-corrected chi connectivity index (χ0v) is 12.6. The highest BCUT2D eigenvalue weighted by Gasteiger charge is 2.43. The Labute approximate surface area is 124 Å². The van der Waals surface area contributed by atoms with Crippen molar-refractivity contribution in [1.29, 1.82) is 0 Å². The number of benzene rings is 1. The van der Waals surface area contributed by atoms with Gasteiger partial charge in [0.2, 0.25) is 0 Å². The zero-order valence-electron chi connectivity index (χ0n) is 12.6. The van der Waals surface area contributed by atoms with Crippen LogP contribution in [-0.2, 0) is 9.31 Å². The van der Waals surface area contributed by atoms with Crippen LogP contribution in [0, 0.1) is 0 Å². The summed E-state index contributed by atoms with van der Waals surface area (Å²) < 4.78 is 22.4. The first kappa shape index (κ1) is 13.9. The minimum Gasteiger partial charge on any atom is -0.533 e. The summed E-state index contributed by atoms with van der Waals surface area (Å²) in [5, 5.41) is 0.925. The number of fused-ring (bicyclic) bond motifs is 1. The van der Waals surface area contributed by atoms with Gasteiger partial charge in [-0.15, -0.1) is 0 Å². The first-order valence-corrected chi connectivity index (χ1v) is 6.73. The molecule has 0 atom stereocenters. The van der Waals surface area contributed by atoms with E-state index in [1.807, 2.05) is 32.0 Å². The Morgan fingerprint density at radius 2 is 1.86 bits per heavy atom. The second-order valence-electron chi connectivity index (χ2n) is 5.48. The summed E-state index contributed by atoms with van der Waals surface area (Å²) in [6, 6.07) is 5.69. The van der Waals surface area contributed by atoms with Crippen molar-refractivity contribution < 1.29 is 18.8 Å². The highest BCUT2D eigenvalue weighted by Crippen LogP contribution is 2.33. The van der Waals surface area contributed by atoms with Gasteiger partial charge in [0.15, 0.2) is 0 Å². The molecule has 3 rings (SSSR count). The van der Waals surface area contributed by atoms with Crippen molar-refractivity contribution in [3.63, 3.8) is 0 Å². The van der Waals surface area contributed by atoms with Crippen molar-refractivity contribution >= 4 is 23.6 Å². The van der Waals surface area contributed by atoms with Crippen LogP contribution in [0.2, 0.25) is 0 Å². The van der Waals surface area contributed by atoms with E-state index in [0.717, 1.165) is 28.0 Å². The molecule has 1 aromatic carbocycles. The quantitative estimate of drug-likeness (QED) is 0.879. The number of aromatic nitrogens is 1. The number of nitrogens with one attached hydrogen (secondary N) is 1. The molecule has 0 saturated carbocycles. The molecule has 21 heavy (non-hydrogen) atoms. The summed E-state index contributed by atoms with van der Waals surface area (Å²) in [5.41, 5.74) is 1.16. The van der Waals surface area contributed by atoms with E-state index in [4.69, 9.17) is 18.8 Å². The lowest BCUT2D eigenvalue weighted by atomic mass is 9.85. The molecule has 2 heterocycles. The average Bonchev–Trinajstić information content (AvgIpc) is 3.00. The molecule has 1 N–H and O–H groups in total. The molecule has 0 unspecified atom stereocenters. The number of hydrogen-bond acceptors (Lipinski definition) is 4. The fourth-order valence-corrected chi connectivity index (χ4v) is 2.42. The van der Waals surface area contributed by atoms with Crippen LogP contribution in [0.5, 0.6) is 11.5 Å². The predicted molar refractivity (Wildman–Crippen MR) is 82.2 cm³/mol. The largest absolute Gasteiger partial charge is 0.580 e. The molecule has 1 fully saturated rings. The van der Waals surface area contributed by atoms with Crippen molar-refractivity contribution in [2.45, 2.75) is 19.4 Å². The van der Waals surface area contributed by atoms with E-state index < -0.39 is 12.7 Å². The lowest BCUT2D eigenvalue weighted by Gasteiger charge is -2.15. The second kappa shape index (κ2) is 4.74. The van der Waals surface area contributed by atoms with Crippen LogP contribution in [-0.4, -0.2) is 31.9 Å². The number of methoxy groups -OCH3 is 2. The number of hydrogen-bond donors (Lipinski definition) is 1. The van der Waals surface area contributed by atoms with Gasteiger partial charge in [0.05, 0.1) is 31.1 Å². The number of H-pyrrole nitrogens is 1. The molecule has 2 aromatic rings. The zero-order chi connectivity index (χ0) is 15.2. The topological polar surface area (TPSA) is 52.7 Å². The second-order valence-corrected chi connectivity index (χ2v) is 5.48. The molecule has 1 saturated heterocycles. The summed E-state index contributed by atoms with van der Waals surface area (Å²) in [6.45, 7) is 7.75. The molecule has 0 aliphatic carbocycles. The first-order valence-electron chi connectivity index (χ1n) is 6.73. The minimum absolute atomic E-state index is 0.504. The maximum Gasteiger partial charge on any atom is 0.580 e. The maximum absolute atomic E-state index is 5.89. The molecule has 1 aromatic heterocycles. The predicted octanol–water partition coefficient (Wildman–Crippen LogP) is 2.22. The summed E-state index contributed by atoms with van der Waals surface area (Å²) in [5.74, 6) is 2.13. The van der Waals surface area contributed by atoms with Crippen LogP contribution in [0.4, 0.5) is 0 Å². The highest BCUT2D eigenvalue weighted by atomic mass is 16.7. The van der Waals surface area contributed by atoms with E-state index in [2.05, 4.69) is 11.6 Å². The standard InChI is InChI=1S/C15H18BNO4/c1-9-15(2,3)21-16(20-9)13-8-10-11(18-4)6-7-12(19-5)14(10)17-13/h6-8,17H,1H2,2-5H3. The molecule has 0 radical (unpaired) electrons. The van der Waals surface area contributed by atoms with Crippen LogP contribution in [0.1, 0.15) is 13.8 Å². The van der Waals surface area contributed by atoms with Gasteiger partial charge < -0.3 is 23.8 Å². The average molecular weight is 287 g/mol. The monoisotopic (exact) mass is 287 g/mol. The molecule has 0 bridgehead atoms. The third kappa shape index (κ3) is 2.16. The van der Waals surface area contributed by atoms with Crippen LogP contribution < -0.4 is 15.1 Å². The normalized spacial score (nSPS) is 17.1. The highest BCUT2D eigenvalue weighted by molar-refractivity contribution is 6.62. The third-order valence-corrected chi connectivity index (χ3v) is 3.75. The third-order valence-electron chi connectivity index (χ3n) is 3.75. The molecular weight excluding hydrogens is 269 g/mol. The van der Waals surface area contributed by atoms with Gasteiger partial charge in [-0.3, -0.25) is 0 Å². The van der Waals surface area contributed by atoms with E-state index in [-0.39, 0.29) is 0 Å². The van der Waals surface area contributed by atoms with E-state index in [1.54, 1.807) is 14.2 Å². The lowest BCUT2D eigenvalue weighted by molar-refractivity contribution is 0.173. The molecular formula is C15H18BNO4. The molecule has 5 nitrogen and oxygen atoms in total. The fourth-order valence-electron chi connectivity index (χ4n) is 2.42. The summed E-state index contributed by atoms with van der Waals surface area (Å²) in [7, 11) is 2.77. The Morgan fingerprint density at radius 1 is 1.19 bits per heavy atom. The SMILES string of the molecule is C=C1OB(c2cc3c(OC)ccc(OC)c3[nH]2)OC1(C)C. The lowest BCUT2D eigenvalue weighted by Crippen LogP contribution is -2.35. The summed E-state index contributed by atoms with van der Waals surface area (Å²) in [6.07, 6.45) is 0. The van der Waals surface area contributed by atoms with E-state index in [0.29, 0.717) is 5.76 Å². The van der Waals surface area contributed by atoms with E-state index in [9.17, 15) is 0 Å². The van der Waals surface area contributed by atoms with Gasteiger partial charge in [0.1, 0.15) is 17.1 Å². The van der Waals surface area contributed by atoms with E-state index in [1.165, 1.54) is 0 Å². The number of rotatable bonds is 3. The van der Waals surface area contributed by atoms with Gasteiger partial charge in [-0.25, -0.2) is 0 Å². The van der Waals surface area contributed by atoms with Crippen LogP contribution in [0.3, 0.4) is 0 Å². The van der Waals surface area contributed by atoms with Gasteiger partial charge in [0, 0.05) is 5.39 Å². The Bertz CT molecular complexity index is 666. The van der Waals surface area contributed by atoms with Crippen molar-refractivity contribution in [3.8, 4) is 11.5 Å². The van der Waals surface area contributed by atoms with Crippen LogP contribution in [0.15, 0.2) is 30.5 Å². The summed E-state index contributed by atoms with van der Waals surface area (Å²) >= 11 is 0. The molecule has 0 spiro atoms. The van der Waals surface area contributed by atoms with Gasteiger partial charge in [-0.05, 0) is 32.0 Å². The van der Waals surface area contributed by atoms with Crippen molar-refractivity contribution in [2.24, 2.45) is 0 Å². The molecule has 1 aliphatic heterocycles. The Balaban J connectivity index is 2.07. The van der Waals surface area contributed by atoms with Crippen molar-refractivity contribution in [3.05, 3.63) is 30.5 Å². The fraction of sp³-hybridized carbons (Fsp3) is 0.333. The number of aromatic amines is 1. The van der Waals surface area contributed by atoms with Crippen LogP contribution in [0.25, 0.3) is 10.9 Å². The van der Waals surface area contributed by atoms with Crippen molar-refractivity contribution in [2.75, 3.05) is 14.2 Å². The molecule has 0 amide bonds. The smallest absolute Gasteiger partial charge is 0.533 e. The van der Waals surface area contributed by atoms with E-state index >= 15 is 0 Å². The van der Waals surface area contributed by atoms with Gasteiger partial charge >= 0.3 is 7.12 Å². The minimum atomic E-state index is -0.505. The Morgan fingerprint density at radius 3 is 2.43 bits per heavy atom. The van der Waals surface area contributed by atoms with Gasteiger partial charge in [0.25, 0.3) is 0 Å². The van der Waals surface area contributed by atoms with Crippen LogP contribution >= 0.6 is 0 Å². The Kier molecular flexibility index (Phi) is 3.13. The van der Waals surface area contributed by atoms with Gasteiger partial charge in [-0.2, -0.15) is 0 Å². The van der Waals surface area contributed by atoms with Crippen molar-refractivity contribution in [1.82, 2.24) is 4.98 Å². The summed E-state index contributed by atoms with van der Waals surface area (Å²) in [4.78, 5) is 3.29. The molecule has 110 valence electrons.